The number of aliphatic hydroxyl groups is 1. The van der Waals surface area contributed by atoms with Gasteiger partial charge in [0, 0.05) is 5.02 Å². The van der Waals surface area contributed by atoms with Gasteiger partial charge < -0.3 is 15.2 Å². The van der Waals surface area contributed by atoms with Crippen LogP contribution in [0.5, 0.6) is 5.75 Å². The molecule has 1 aromatic carbocycles. The van der Waals surface area contributed by atoms with Crippen molar-refractivity contribution in [2.24, 2.45) is 0 Å². The maximum absolute atomic E-state index is 12.9. The van der Waals surface area contributed by atoms with Gasteiger partial charge in [-0.05, 0) is 37.1 Å². The summed E-state index contributed by atoms with van der Waals surface area (Å²) in [4.78, 5) is 26.3. The number of benzene rings is 1. The topological polar surface area (TPSA) is 78.9 Å². The van der Waals surface area contributed by atoms with E-state index in [4.69, 9.17) is 16.3 Å². The minimum atomic E-state index is -0.955. The fraction of sp³-hybridized carbons (Fsp3) is 0.579. The fourth-order valence-corrected chi connectivity index (χ4v) is 3.80. The molecular formula is C19H25ClN2O4. The third-order valence-corrected chi connectivity index (χ3v) is 5.35. The molecule has 2 aliphatic rings. The molecule has 0 bridgehead atoms. The highest BCUT2D eigenvalue weighted by Gasteiger charge is 2.50. The lowest BCUT2D eigenvalue weighted by atomic mass is 9.84. The van der Waals surface area contributed by atoms with Crippen LogP contribution >= 0.6 is 11.6 Å². The van der Waals surface area contributed by atoms with E-state index in [-0.39, 0.29) is 19.1 Å². The minimum Gasteiger partial charge on any atom is -0.491 e. The Hall–Kier alpha value is -1.79. The standard InChI is InChI=1S/C19H25ClN2O4/c20-14-6-8-16(9-7-14)26-13-15(23)12-22-17(24)19(21-18(22)25)10-4-2-1-3-5-11-19/h6-9,15,23H,1-5,10-13H2,(H,21,25). The smallest absolute Gasteiger partial charge is 0.325 e. The molecule has 26 heavy (non-hydrogen) atoms. The highest BCUT2D eigenvalue weighted by Crippen LogP contribution is 2.32. The quantitative estimate of drug-likeness (QED) is 0.769. The van der Waals surface area contributed by atoms with Crippen molar-refractivity contribution in [1.29, 1.82) is 0 Å². The molecule has 1 atom stereocenters. The number of nitrogens with one attached hydrogen (secondary N) is 1. The number of carbonyl (C=O) groups excluding carboxylic acids is 2. The third-order valence-electron chi connectivity index (χ3n) is 5.10. The lowest BCUT2D eigenvalue weighted by Gasteiger charge is -2.28. The van der Waals surface area contributed by atoms with E-state index in [0.29, 0.717) is 23.6 Å². The SMILES string of the molecule is O=C1NC2(CCCCCCC2)C(=O)N1CC(O)COc1ccc(Cl)cc1. The van der Waals surface area contributed by atoms with Gasteiger partial charge in [0.15, 0.2) is 0 Å². The van der Waals surface area contributed by atoms with Gasteiger partial charge in [-0.1, -0.05) is 43.7 Å². The van der Waals surface area contributed by atoms with E-state index in [2.05, 4.69) is 5.32 Å². The van der Waals surface area contributed by atoms with Gasteiger partial charge in [-0.3, -0.25) is 9.69 Å². The van der Waals surface area contributed by atoms with Crippen LogP contribution in [0.15, 0.2) is 24.3 Å². The van der Waals surface area contributed by atoms with Crippen LogP contribution in [0.4, 0.5) is 4.79 Å². The van der Waals surface area contributed by atoms with Crippen molar-refractivity contribution in [3.8, 4) is 5.75 Å². The summed E-state index contributed by atoms with van der Waals surface area (Å²) in [5, 5.41) is 13.7. The van der Waals surface area contributed by atoms with Crippen LogP contribution in [0.3, 0.4) is 0 Å². The van der Waals surface area contributed by atoms with Crippen molar-refractivity contribution in [3.05, 3.63) is 29.3 Å². The molecule has 142 valence electrons. The summed E-state index contributed by atoms with van der Waals surface area (Å²) in [5.41, 5.74) is -0.783. The molecule has 1 aromatic rings. The Balaban J connectivity index is 1.57. The number of hydrogen-bond donors (Lipinski definition) is 2. The van der Waals surface area contributed by atoms with Crippen LogP contribution in [-0.4, -0.2) is 46.7 Å². The lowest BCUT2D eigenvalue weighted by Crippen LogP contribution is -2.48. The third kappa shape index (κ3) is 4.30. The molecule has 1 unspecified atom stereocenters. The van der Waals surface area contributed by atoms with Crippen molar-refractivity contribution < 1.29 is 19.4 Å². The number of nitrogens with zero attached hydrogens (tertiary/aromatic N) is 1. The molecule has 3 rings (SSSR count). The van der Waals surface area contributed by atoms with Crippen molar-refractivity contribution in [1.82, 2.24) is 10.2 Å². The number of aliphatic hydroxyl groups excluding tert-OH is 1. The van der Waals surface area contributed by atoms with Crippen LogP contribution in [0.2, 0.25) is 5.02 Å². The largest absolute Gasteiger partial charge is 0.491 e. The molecule has 3 amide bonds. The van der Waals surface area contributed by atoms with Gasteiger partial charge in [-0.2, -0.15) is 0 Å². The normalized spacial score (nSPS) is 21.2. The predicted molar refractivity (Wildman–Crippen MR) is 98.2 cm³/mol. The van der Waals surface area contributed by atoms with Gasteiger partial charge in [0.25, 0.3) is 5.91 Å². The molecular weight excluding hydrogens is 356 g/mol. The molecule has 1 heterocycles. The number of ether oxygens (including phenoxy) is 1. The molecule has 0 aromatic heterocycles. The first kappa shape index (κ1) is 19.0. The summed E-state index contributed by atoms with van der Waals surface area (Å²) in [5.74, 6) is 0.358. The van der Waals surface area contributed by atoms with Crippen molar-refractivity contribution in [2.75, 3.05) is 13.2 Å². The molecule has 1 aliphatic heterocycles. The molecule has 1 saturated carbocycles. The van der Waals surface area contributed by atoms with Crippen LogP contribution in [0, 0.1) is 0 Å². The lowest BCUT2D eigenvalue weighted by molar-refractivity contribution is -0.133. The summed E-state index contributed by atoms with van der Waals surface area (Å²) >= 11 is 5.82. The molecule has 2 fully saturated rings. The number of amides is 3. The summed E-state index contributed by atoms with van der Waals surface area (Å²) in [6, 6.07) is 6.37. The van der Waals surface area contributed by atoms with Crippen molar-refractivity contribution in [3.63, 3.8) is 0 Å². The minimum absolute atomic E-state index is 0.00824. The first-order valence-electron chi connectivity index (χ1n) is 9.21. The summed E-state index contributed by atoms with van der Waals surface area (Å²) in [6.07, 6.45) is 5.61. The molecule has 6 nitrogen and oxygen atoms in total. The number of imide groups is 1. The van der Waals surface area contributed by atoms with Crippen LogP contribution in [0.1, 0.15) is 44.9 Å². The average Bonchev–Trinajstić information content (AvgIpc) is 2.83. The zero-order valence-electron chi connectivity index (χ0n) is 14.7. The van der Waals surface area contributed by atoms with E-state index in [1.54, 1.807) is 24.3 Å². The highest BCUT2D eigenvalue weighted by atomic mass is 35.5. The maximum Gasteiger partial charge on any atom is 0.325 e. The maximum atomic E-state index is 12.9. The Morgan fingerprint density at radius 3 is 2.38 bits per heavy atom. The van der Waals surface area contributed by atoms with Gasteiger partial charge in [-0.25, -0.2) is 4.79 Å². The fourth-order valence-electron chi connectivity index (χ4n) is 3.68. The second kappa shape index (κ2) is 8.27. The number of carbonyl (C=O) groups is 2. The number of urea groups is 1. The van der Waals surface area contributed by atoms with Crippen LogP contribution in [-0.2, 0) is 4.79 Å². The van der Waals surface area contributed by atoms with E-state index in [9.17, 15) is 14.7 Å². The van der Waals surface area contributed by atoms with Crippen LogP contribution < -0.4 is 10.1 Å². The number of rotatable bonds is 5. The van der Waals surface area contributed by atoms with Crippen molar-refractivity contribution >= 4 is 23.5 Å². The Kier molecular flexibility index (Phi) is 6.04. The molecule has 0 radical (unpaired) electrons. The van der Waals surface area contributed by atoms with E-state index < -0.39 is 17.7 Å². The van der Waals surface area contributed by atoms with E-state index in [0.717, 1.165) is 30.6 Å². The number of halogens is 1. The van der Waals surface area contributed by atoms with Gasteiger partial charge in [-0.15, -0.1) is 0 Å². The monoisotopic (exact) mass is 380 g/mol. The van der Waals surface area contributed by atoms with Gasteiger partial charge in [0.1, 0.15) is 24.0 Å². The summed E-state index contributed by atoms with van der Waals surface area (Å²) in [6.45, 7) is -0.0777. The Bertz CT molecular complexity index is 641. The molecule has 2 N–H and O–H groups in total. The van der Waals surface area contributed by atoms with Gasteiger partial charge in [0.2, 0.25) is 0 Å². The summed E-state index contributed by atoms with van der Waals surface area (Å²) in [7, 11) is 0. The van der Waals surface area contributed by atoms with Crippen molar-refractivity contribution in [2.45, 2.75) is 56.6 Å². The molecule has 7 heteroatoms. The Labute approximate surface area is 158 Å². The Morgan fingerprint density at radius 2 is 1.73 bits per heavy atom. The highest BCUT2D eigenvalue weighted by molar-refractivity contribution is 6.30. The van der Waals surface area contributed by atoms with Gasteiger partial charge in [0.05, 0.1) is 6.54 Å². The predicted octanol–water partition coefficient (Wildman–Crippen LogP) is 3.11. The number of β-amino-alcohol motifs (C(OH)–C–C–N with tert-alkyl or cyclic N) is 1. The average molecular weight is 381 g/mol. The second-order valence-corrected chi connectivity index (χ2v) is 7.55. The number of hydrogen-bond acceptors (Lipinski definition) is 4. The second-order valence-electron chi connectivity index (χ2n) is 7.11. The molecule has 1 aliphatic carbocycles. The first-order valence-corrected chi connectivity index (χ1v) is 9.58. The molecule has 1 spiro atoms. The van der Waals surface area contributed by atoms with Gasteiger partial charge >= 0.3 is 6.03 Å². The van der Waals surface area contributed by atoms with Crippen LogP contribution in [0.25, 0.3) is 0 Å². The van der Waals surface area contributed by atoms with E-state index in [1.807, 2.05) is 0 Å². The molecule has 1 saturated heterocycles. The first-order chi connectivity index (χ1) is 12.5. The van der Waals surface area contributed by atoms with E-state index in [1.165, 1.54) is 6.42 Å². The van der Waals surface area contributed by atoms with E-state index >= 15 is 0 Å². The zero-order chi connectivity index (χ0) is 18.6. The zero-order valence-corrected chi connectivity index (χ0v) is 15.5. The summed E-state index contributed by atoms with van der Waals surface area (Å²) < 4.78 is 5.50. The Morgan fingerprint density at radius 1 is 1.12 bits per heavy atom.